The van der Waals surface area contributed by atoms with Crippen molar-refractivity contribution in [3.63, 3.8) is 0 Å². The molecule has 0 aliphatic carbocycles. The van der Waals surface area contributed by atoms with Crippen molar-refractivity contribution in [1.82, 2.24) is 4.98 Å². The van der Waals surface area contributed by atoms with Crippen molar-refractivity contribution in [1.29, 1.82) is 0 Å². The van der Waals surface area contributed by atoms with Crippen molar-refractivity contribution in [2.24, 2.45) is 0 Å². The van der Waals surface area contributed by atoms with E-state index in [1.165, 1.54) is 38.6 Å². The topological polar surface area (TPSA) is 45.7 Å². The molecule has 0 atom stereocenters. The molecule has 0 N–H and O–H groups in total. The number of anilines is 6. The fourth-order valence-corrected chi connectivity index (χ4v) is 9.89. The highest BCUT2D eigenvalue weighted by molar-refractivity contribution is 7.00. The Bertz CT molecular complexity index is 3040. The molecule has 0 bridgehead atoms. The molecule has 2 aliphatic rings. The Morgan fingerprint density at radius 2 is 0.971 bits per heavy atom. The van der Waals surface area contributed by atoms with Crippen LogP contribution in [0.5, 0.6) is 0 Å². The van der Waals surface area contributed by atoms with E-state index in [2.05, 4.69) is 196 Å². The van der Waals surface area contributed by atoms with Crippen molar-refractivity contribution in [2.75, 3.05) is 9.80 Å². The third kappa shape index (κ3) is 8.45. The molecule has 9 rings (SSSR count). The summed E-state index contributed by atoms with van der Waals surface area (Å²) in [6, 6.07) is 51.0. The lowest BCUT2D eigenvalue weighted by Gasteiger charge is -2.46. The number of hydrogen-bond donors (Lipinski definition) is 0. The summed E-state index contributed by atoms with van der Waals surface area (Å²) in [5.74, 6) is -0.279. The zero-order valence-corrected chi connectivity index (χ0v) is 42.8. The van der Waals surface area contributed by atoms with Gasteiger partial charge in [0.2, 0.25) is 0 Å². The Hall–Kier alpha value is -6.40. The summed E-state index contributed by atoms with van der Waals surface area (Å²) in [5.41, 5.74) is 17.6. The molecule has 1 aromatic heterocycles. The number of aromatic nitrogens is 1. The number of fused-ring (bicyclic) bond motifs is 4. The van der Waals surface area contributed by atoms with Crippen molar-refractivity contribution in [3.05, 3.63) is 179 Å². The minimum atomic E-state index is -1.03. The number of carbonyl (C=O) groups is 1. The number of pyridine rings is 1. The number of benzene rings is 6. The first kappa shape index (κ1) is 46.7. The van der Waals surface area contributed by atoms with Crippen molar-refractivity contribution < 1.29 is 9.53 Å². The second-order valence-electron chi connectivity index (χ2n) is 23.8. The predicted molar refractivity (Wildman–Crippen MR) is 288 cm³/mol. The molecule has 0 spiro atoms. The van der Waals surface area contributed by atoms with Crippen LogP contribution in [0.15, 0.2) is 146 Å². The molecule has 7 aromatic rings. The molecule has 3 heterocycles. The van der Waals surface area contributed by atoms with Gasteiger partial charge >= 0.3 is 5.97 Å². The maximum atomic E-state index is 14.7. The lowest BCUT2D eigenvalue weighted by Crippen LogP contribution is -2.62. The Morgan fingerprint density at radius 3 is 1.50 bits per heavy atom. The molecule has 346 valence electrons. The molecule has 0 fully saturated rings. The number of rotatable bonds is 7. The van der Waals surface area contributed by atoms with Crippen LogP contribution in [0.3, 0.4) is 0 Å². The summed E-state index contributed by atoms with van der Waals surface area (Å²) in [5, 5.41) is 0. The number of carbonyl (C=O) groups excluding carboxylic acids is 1. The Labute approximate surface area is 406 Å². The Morgan fingerprint density at radius 1 is 0.485 bits per heavy atom. The highest BCUT2D eigenvalue weighted by Gasteiger charge is 2.46. The molecule has 2 aliphatic heterocycles. The Kier molecular flexibility index (Phi) is 11.5. The first-order valence-corrected chi connectivity index (χ1v) is 24.4. The van der Waals surface area contributed by atoms with Crippen LogP contribution in [0.2, 0.25) is 0 Å². The van der Waals surface area contributed by atoms with Gasteiger partial charge in [-0.3, -0.25) is 9.78 Å². The van der Waals surface area contributed by atoms with E-state index in [9.17, 15) is 4.79 Å². The summed E-state index contributed by atoms with van der Waals surface area (Å²) in [6.07, 6.45) is 1.89. The van der Waals surface area contributed by atoms with Crippen molar-refractivity contribution in [2.45, 2.75) is 131 Å². The molecule has 68 heavy (non-hydrogen) atoms. The first-order chi connectivity index (χ1) is 31.9. The highest BCUT2D eigenvalue weighted by Crippen LogP contribution is 2.49. The van der Waals surface area contributed by atoms with Gasteiger partial charge in [0.15, 0.2) is 0 Å². The van der Waals surface area contributed by atoms with E-state index in [1.807, 2.05) is 56.4 Å². The summed E-state index contributed by atoms with van der Waals surface area (Å²) in [7, 11) is 0. The van der Waals surface area contributed by atoms with Gasteiger partial charge in [0.25, 0.3) is 6.71 Å². The van der Waals surface area contributed by atoms with Crippen LogP contribution >= 0.6 is 0 Å². The largest absolute Gasteiger partial charge is 0.460 e. The van der Waals surface area contributed by atoms with Gasteiger partial charge in [-0.05, 0) is 146 Å². The van der Waals surface area contributed by atoms with Gasteiger partial charge in [-0.15, -0.1) is 0 Å². The van der Waals surface area contributed by atoms with Gasteiger partial charge in [-0.2, -0.15) is 0 Å². The summed E-state index contributed by atoms with van der Waals surface area (Å²) < 4.78 is 6.22. The average molecular weight is 898 g/mol. The fraction of sp³-hybridized carbons (Fsp3) is 0.323. The molecule has 0 radical (unpaired) electrons. The number of hydrogen-bond acceptors (Lipinski definition) is 5. The number of nitrogens with zero attached hydrogens (tertiary/aromatic N) is 3. The van der Waals surface area contributed by atoms with E-state index in [0.717, 1.165) is 56.5 Å². The van der Waals surface area contributed by atoms with E-state index >= 15 is 0 Å². The molecule has 6 heteroatoms. The molecular formula is C62H68BN3O2. The molecule has 0 unspecified atom stereocenters. The van der Waals surface area contributed by atoms with E-state index in [0.29, 0.717) is 0 Å². The fourth-order valence-electron chi connectivity index (χ4n) is 9.89. The van der Waals surface area contributed by atoms with Crippen LogP contribution < -0.4 is 26.2 Å². The number of ether oxygens (including phenoxy) is 1. The highest BCUT2D eigenvalue weighted by atomic mass is 16.5. The number of esters is 1. The molecular weight excluding hydrogens is 830 g/mol. The van der Waals surface area contributed by atoms with Crippen molar-refractivity contribution >= 4 is 63.2 Å². The standard InChI is InChI=1S/C62H68BN3O2/c1-58(2,3)41-23-28-46(29-24-41)65-52-31-26-43(60(7,8)9)35-48(52)63-49-36-44(61(10,11)12)27-32-53(49)66(51-30-25-42(59(4,5)6)34-47(51)50-22-18-19-33-64-50)55-38-45(37-54(65)56(55)63)62(13,14)57(67)68-39-40-20-16-15-17-21-40/h15-38H,39H2,1-14H3. The summed E-state index contributed by atoms with van der Waals surface area (Å²) in [4.78, 5) is 24.6. The van der Waals surface area contributed by atoms with Crippen LogP contribution in [0.1, 0.15) is 130 Å². The average Bonchev–Trinajstić information content (AvgIpc) is 3.29. The molecule has 6 aromatic carbocycles. The minimum Gasteiger partial charge on any atom is -0.460 e. The third-order valence-electron chi connectivity index (χ3n) is 14.3. The SMILES string of the molecule is CC(C)(C)c1ccc(N2c3ccc(C(C)(C)C)cc3B3c4cc(C(C)(C)C)ccc4N(c4ccc(C(C)(C)C)cc4-c4ccccn4)c4cc(C(C)(C)C(=O)OCc5ccccc5)cc2c43)cc1. The third-order valence-corrected chi connectivity index (χ3v) is 14.3. The minimum absolute atomic E-state index is 0.0168. The van der Waals surface area contributed by atoms with Crippen LogP contribution in [0.4, 0.5) is 34.1 Å². The van der Waals surface area contributed by atoms with Crippen LogP contribution in [0.25, 0.3) is 11.3 Å². The summed E-state index contributed by atoms with van der Waals surface area (Å²) >= 11 is 0. The van der Waals surface area contributed by atoms with E-state index in [4.69, 9.17) is 9.72 Å². The van der Waals surface area contributed by atoms with Crippen LogP contribution in [-0.4, -0.2) is 17.7 Å². The van der Waals surface area contributed by atoms with Crippen LogP contribution in [0, 0.1) is 0 Å². The lowest BCUT2D eigenvalue weighted by atomic mass is 9.33. The molecule has 0 saturated carbocycles. The normalized spacial score (nSPS) is 13.8. The molecule has 0 amide bonds. The maximum absolute atomic E-state index is 14.7. The van der Waals surface area contributed by atoms with Gasteiger partial charge in [-0.1, -0.05) is 162 Å². The predicted octanol–water partition coefficient (Wildman–Crippen LogP) is 14.0. The lowest BCUT2D eigenvalue weighted by molar-refractivity contribution is -0.150. The Balaban J connectivity index is 1.40. The van der Waals surface area contributed by atoms with Gasteiger partial charge in [0, 0.05) is 40.2 Å². The zero-order chi connectivity index (χ0) is 48.7. The quantitative estimate of drug-likeness (QED) is 0.118. The van der Waals surface area contributed by atoms with E-state index in [1.54, 1.807) is 0 Å². The smallest absolute Gasteiger partial charge is 0.316 e. The van der Waals surface area contributed by atoms with Gasteiger partial charge in [0.05, 0.1) is 16.8 Å². The summed E-state index contributed by atoms with van der Waals surface area (Å²) in [6.45, 7) is 31.5. The van der Waals surface area contributed by atoms with Gasteiger partial charge in [-0.25, -0.2) is 0 Å². The molecule has 5 nitrogen and oxygen atoms in total. The van der Waals surface area contributed by atoms with Gasteiger partial charge < -0.3 is 14.5 Å². The zero-order valence-electron chi connectivity index (χ0n) is 42.8. The van der Waals surface area contributed by atoms with Crippen molar-refractivity contribution in [3.8, 4) is 11.3 Å². The monoisotopic (exact) mass is 898 g/mol. The van der Waals surface area contributed by atoms with Crippen LogP contribution in [-0.2, 0) is 43.2 Å². The second-order valence-corrected chi connectivity index (χ2v) is 23.8. The van der Waals surface area contributed by atoms with E-state index in [-0.39, 0.29) is 40.9 Å². The second kappa shape index (κ2) is 16.7. The van der Waals surface area contributed by atoms with Gasteiger partial charge in [0.1, 0.15) is 6.61 Å². The first-order valence-electron chi connectivity index (χ1n) is 24.4. The molecule has 0 saturated heterocycles. The van der Waals surface area contributed by atoms with E-state index < -0.39 is 5.41 Å². The maximum Gasteiger partial charge on any atom is 0.316 e.